The van der Waals surface area contributed by atoms with E-state index in [2.05, 4.69) is 27.7 Å². The molecule has 0 amide bonds. The molecule has 0 spiro atoms. The van der Waals surface area contributed by atoms with Crippen LogP contribution in [0.15, 0.2) is 0 Å². The van der Waals surface area contributed by atoms with E-state index in [1.807, 2.05) is 6.92 Å². The fraction of sp³-hybridized carbons (Fsp3) is 0.875. The van der Waals surface area contributed by atoms with E-state index in [4.69, 9.17) is 4.74 Å². The lowest BCUT2D eigenvalue weighted by atomic mass is 9.78. The van der Waals surface area contributed by atoms with Gasteiger partial charge in [-0.2, -0.15) is 0 Å². The molecule has 2 unspecified atom stereocenters. The smallest absolute Gasteiger partial charge is 0.309 e. The van der Waals surface area contributed by atoms with Crippen molar-refractivity contribution in [3.8, 4) is 0 Å². The first-order valence-corrected chi connectivity index (χ1v) is 7.46. The van der Waals surface area contributed by atoms with Gasteiger partial charge in [0.1, 0.15) is 5.78 Å². The Morgan fingerprint density at radius 2 is 1.42 bits per heavy atom. The number of carbonyl (C=O) groups excluding carboxylic acids is 2. The Morgan fingerprint density at radius 3 is 1.79 bits per heavy atom. The molecule has 112 valence electrons. The first-order chi connectivity index (χ1) is 8.79. The highest BCUT2D eigenvalue weighted by Crippen LogP contribution is 2.28. The van der Waals surface area contributed by atoms with Gasteiger partial charge in [0.25, 0.3) is 0 Å². The van der Waals surface area contributed by atoms with Crippen LogP contribution in [0.3, 0.4) is 0 Å². The highest BCUT2D eigenvalue weighted by Gasteiger charge is 2.33. The summed E-state index contributed by atoms with van der Waals surface area (Å²) in [5, 5.41) is 0. The minimum atomic E-state index is -0.286. The molecule has 0 aromatic carbocycles. The topological polar surface area (TPSA) is 43.4 Å². The van der Waals surface area contributed by atoms with Gasteiger partial charge in [-0.25, -0.2) is 0 Å². The number of ether oxygens (including phenoxy) is 1. The average Bonchev–Trinajstić information content (AvgIpc) is 2.29. The van der Waals surface area contributed by atoms with Gasteiger partial charge in [-0.15, -0.1) is 0 Å². The number of esters is 1. The van der Waals surface area contributed by atoms with E-state index in [-0.39, 0.29) is 23.6 Å². The summed E-state index contributed by atoms with van der Waals surface area (Å²) in [6.07, 6.45) is 2.29. The molecule has 0 fully saturated rings. The molecule has 0 aromatic rings. The molecule has 19 heavy (non-hydrogen) atoms. The lowest BCUT2D eigenvalue weighted by Crippen LogP contribution is -2.32. The van der Waals surface area contributed by atoms with E-state index < -0.39 is 0 Å². The molecule has 0 saturated carbocycles. The van der Waals surface area contributed by atoms with Crippen molar-refractivity contribution in [2.75, 3.05) is 6.61 Å². The molecule has 0 aliphatic rings. The molecular formula is C16H30O3. The van der Waals surface area contributed by atoms with Crippen LogP contribution in [-0.4, -0.2) is 18.4 Å². The molecule has 0 bridgehead atoms. The van der Waals surface area contributed by atoms with Gasteiger partial charge in [0, 0.05) is 5.92 Å². The van der Waals surface area contributed by atoms with Crippen LogP contribution >= 0.6 is 0 Å². The van der Waals surface area contributed by atoms with Crippen LogP contribution in [0.5, 0.6) is 0 Å². The molecule has 2 atom stereocenters. The molecule has 0 heterocycles. The SMILES string of the molecule is CCCOC(=O)C(CC(C)C)C(CC(C)C)C(C)=O. The maximum Gasteiger partial charge on any atom is 0.309 e. The van der Waals surface area contributed by atoms with Gasteiger partial charge in [0.2, 0.25) is 0 Å². The monoisotopic (exact) mass is 270 g/mol. The van der Waals surface area contributed by atoms with Gasteiger partial charge in [0.05, 0.1) is 12.5 Å². The van der Waals surface area contributed by atoms with Crippen LogP contribution in [0.4, 0.5) is 0 Å². The second kappa shape index (κ2) is 9.11. The number of hydrogen-bond donors (Lipinski definition) is 0. The molecule has 0 N–H and O–H groups in total. The number of ketones is 1. The van der Waals surface area contributed by atoms with Crippen LogP contribution in [0.1, 0.15) is 60.8 Å². The highest BCUT2D eigenvalue weighted by atomic mass is 16.5. The third kappa shape index (κ3) is 7.34. The normalized spacial score (nSPS) is 14.5. The Morgan fingerprint density at radius 1 is 0.947 bits per heavy atom. The number of Topliss-reactive ketones (excluding diaryl/α,β-unsaturated/α-hetero) is 1. The summed E-state index contributed by atoms with van der Waals surface area (Å²) in [4.78, 5) is 24.1. The van der Waals surface area contributed by atoms with Crippen molar-refractivity contribution in [2.45, 2.75) is 60.8 Å². The van der Waals surface area contributed by atoms with E-state index in [1.165, 1.54) is 0 Å². The molecule has 0 radical (unpaired) electrons. The maximum absolute atomic E-state index is 12.2. The van der Waals surface area contributed by atoms with Gasteiger partial charge >= 0.3 is 5.97 Å². The molecule has 0 aromatic heterocycles. The molecule has 0 rings (SSSR count). The third-order valence-corrected chi connectivity index (χ3v) is 3.21. The summed E-state index contributed by atoms with van der Waals surface area (Å²) < 4.78 is 5.28. The highest BCUT2D eigenvalue weighted by molar-refractivity contribution is 5.85. The maximum atomic E-state index is 12.2. The Hall–Kier alpha value is -0.860. The van der Waals surface area contributed by atoms with Crippen LogP contribution < -0.4 is 0 Å². The van der Waals surface area contributed by atoms with Crippen molar-refractivity contribution < 1.29 is 14.3 Å². The zero-order chi connectivity index (χ0) is 15.0. The second-order valence-corrected chi connectivity index (χ2v) is 6.25. The summed E-state index contributed by atoms with van der Waals surface area (Å²) in [6.45, 7) is 12.3. The predicted molar refractivity (Wildman–Crippen MR) is 77.8 cm³/mol. The largest absolute Gasteiger partial charge is 0.465 e. The summed E-state index contributed by atoms with van der Waals surface area (Å²) in [7, 11) is 0. The second-order valence-electron chi connectivity index (χ2n) is 6.25. The first kappa shape index (κ1) is 18.1. The molecule has 0 aliphatic heterocycles. The van der Waals surface area contributed by atoms with Crippen molar-refractivity contribution in [2.24, 2.45) is 23.7 Å². The Bertz CT molecular complexity index is 282. The predicted octanol–water partition coefficient (Wildman–Crippen LogP) is 3.85. The van der Waals surface area contributed by atoms with Crippen molar-refractivity contribution in [3.05, 3.63) is 0 Å². The fourth-order valence-corrected chi connectivity index (χ4v) is 2.36. The van der Waals surface area contributed by atoms with E-state index in [9.17, 15) is 9.59 Å². The third-order valence-electron chi connectivity index (χ3n) is 3.21. The number of hydrogen-bond acceptors (Lipinski definition) is 3. The van der Waals surface area contributed by atoms with E-state index in [0.29, 0.717) is 18.4 Å². The summed E-state index contributed by atoms with van der Waals surface area (Å²) in [6, 6.07) is 0. The minimum Gasteiger partial charge on any atom is -0.465 e. The Kier molecular flexibility index (Phi) is 8.70. The van der Waals surface area contributed by atoms with Crippen LogP contribution in [0.2, 0.25) is 0 Å². The van der Waals surface area contributed by atoms with Crippen molar-refractivity contribution >= 4 is 11.8 Å². The molecular weight excluding hydrogens is 240 g/mol. The van der Waals surface area contributed by atoms with E-state index in [1.54, 1.807) is 6.92 Å². The van der Waals surface area contributed by atoms with Crippen LogP contribution in [-0.2, 0) is 14.3 Å². The summed E-state index contributed by atoms with van der Waals surface area (Å²) in [5.74, 6) is 0.207. The van der Waals surface area contributed by atoms with Gasteiger partial charge in [-0.3, -0.25) is 9.59 Å². The summed E-state index contributed by atoms with van der Waals surface area (Å²) in [5.41, 5.74) is 0. The zero-order valence-corrected chi connectivity index (χ0v) is 13.4. The van der Waals surface area contributed by atoms with Crippen molar-refractivity contribution in [1.82, 2.24) is 0 Å². The standard InChI is InChI=1S/C16H30O3/c1-7-8-19-16(18)15(10-12(4)5)14(13(6)17)9-11(2)3/h11-12,14-15H,7-10H2,1-6H3. The van der Waals surface area contributed by atoms with Crippen molar-refractivity contribution in [3.63, 3.8) is 0 Å². The quantitative estimate of drug-likeness (QED) is 0.598. The van der Waals surface area contributed by atoms with Crippen LogP contribution in [0, 0.1) is 23.7 Å². The molecule has 3 heteroatoms. The van der Waals surface area contributed by atoms with Gasteiger partial charge in [0.15, 0.2) is 0 Å². The van der Waals surface area contributed by atoms with E-state index in [0.717, 1.165) is 19.3 Å². The number of rotatable bonds is 9. The van der Waals surface area contributed by atoms with Gasteiger partial charge in [-0.05, 0) is 38.0 Å². The number of carbonyl (C=O) groups is 2. The molecule has 3 nitrogen and oxygen atoms in total. The van der Waals surface area contributed by atoms with E-state index >= 15 is 0 Å². The molecule has 0 saturated heterocycles. The fourth-order valence-electron chi connectivity index (χ4n) is 2.36. The van der Waals surface area contributed by atoms with Crippen molar-refractivity contribution in [1.29, 1.82) is 0 Å². The van der Waals surface area contributed by atoms with Crippen LogP contribution in [0.25, 0.3) is 0 Å². The van der Waals surface area contributed by atoms with Gasteiger partial charge < -0.3 is 4.74 Å². The van der Waals surface area contributed by atoms with Gasteiger partial charge in [-0.1, -0.05) is 34.6 Å². The zero-order valence-electron chi connectivity index (χ0n) is 13.4. The summed E-state index contributed by atoms with van der Waals surface area (Å²) >= 11 is 0. The Balaban J connectivity index is 4.94. The minimum absolute atomic E-state index is 0.104. The Labute approximate surface area is 118 Å². The first-order valence-electron chi connectivity index (χ1n) is 7.46. The molecule has 0 aliphatic carbocycles. The lowest BCUT2D eigenvalue weighted by molar-refractivity contribution is -0.153. The lowest BCUT2D eigenvalue weighted by Gasteiger charge is -2.26. The average molecular weight is 270 g/mol.